The van der Waals surface area contributed by atoms with E-state index in [1.54, 1.807) is 0 Å². The van der Waals surface area contributed by atoms with Crippen LogP contribution in [0.1, 0.15) is 43.6 Å². The van der Waals surface area contributed by atoms with E-state index in [0.29, 0.717) is 25.8 Å². The summed E-state index contributed by atoms with van der Waals surface area (Å²) in [5.41, 5.74) is 4.90. The summed E-state index contributed by atoms with van der Waals surface area (Å²) in [6, 6.07) is 4.53. The molecule has 3 aromatic rings. The van der Waals surface area contributed by atoms with Crippen LogP contribution >= 0.6 is 0 Å². The zero-order chi connectivity index (χ0) is 24.2. The molecule has 0 unspecified atom stereocenters. The summed E-state index contributed by atoms with van der Waals surface area (Å²) in [7, 11) is 4.29. The summed E-state index contributed by atoms with van der Waals surface area (Å²) < 4.78 is 7.60. The number of nitrogens with one attached hydrogen (secondary N) is 1. The Morgan fingerprint density at radius 2 is 1.88 bits per heavy atom. The molecule has 1 fully saturated rings. The Bertz CT molecular complexity index is 1100. The van der Waals surface area contributed by atoms with Crippen LogP contribution < -0.4 is 10.2 Å². The fraction of sp³-hybridized carbons (Fsp3) is 0.600. The van der Waals surface area contributed by atoms with Crippen molar-refractivity contribution in [2.75, 3.05) is 50.6 Å². The van der Waals surface area contributed by atoms with Crippen molar-refractivity contribution in [3.63, 3.8) is 0 Å². The molecule has 0 saturated carbocycles. The first-order chi connectivity index (χ1) is 16.4. The van der Waals surface area contributed by atoms with Gasteiger partial charge in [0, 0.05) is 25.4 Å². The van der Waals surface area contributed by atoms with Crippen LogP contribution in [0, 0.1) is 13.8 Å². The van der Waals surface area contributed by atoms with Gasteiger partial charge in [0.1, 0.15) is 16.9 Å². The number of hydrogen-bond donors (Lipinski definition) is 1. The highest BCUT2D eigenvalue weighted by Crippen LogP contribution is 2.30. The second-order valence-corrected chi connectivity index (χ2v) is 9.23. The summed E-state index contributed by atoms with van der Waals surface area (Å²) in [5.74, 6) is 2.25. The van der Waals surface area contributed by atoms with Crippen LogP contribution in [-0.4, -0.2) is 76.1 Å². The van der Waals surface area contributed by atoms with E-state index in [1.165, 1.54) is 0 Å². The van der Waals surface area contributed by atoms with E-state index in [0.717, 1.165) is 77.9 Å². The van der Waals surface area contributed by atoms with Crippen molar-refractivity contribution in [3.05, 3.63) is 29.1 Å². The monoisotopic (exact) mass is 466 g/mol. The minimum atomic E-state index is 0.416. The fourth-order valence-electron chi connectivity index (χ4n) is 4.64. The van der Waals surface area contributed by atoms with Crippen molar-refractivity contribution in [3.8, 4) is 0 Å². The van der Waals surface area contributed by atoms with E-state index < -0.39 is 0 Å². The van der Waals surface area contributed by atoms with Crippen LogP contribution in [-0.2, 0) is 17.7 Å². The van der Waals surface area contributed by atoms with Crippen molar-refractivity contribution in [2.24, 2.45) is 0 Å². The SMILES string of the molecule is CCOCCn1nc(CC)c2nc(N(C)C3CCN(C)CC3)nc(Nc3cc(C)cc(C)n3)c21. The van der Waals surface area contributed by atoms with Crippen LogP contribution in [0.5, 0.6) is 0 Å². The molecule has 3 aromatic heterocycles. The molecular weight excluding hydrogens is 428 g/mol. The Morgan fingerprint density at radius 3 is 2.56 bits per heavy atom. The minimum Gasteiger partial charge on any atom is -0.380 e. The molecule has 0 radical (unpaired) electrons. The smallest absolute Gasteiger partial charge is 0.228 e. The highest BCUT2D eigenvalue weighted by atomic mass is 16.5. The van der Waals surface area contributed by atoms with Gasteiger partial charge >= 0.3 is 0 Å². The lowest BCUT2D eigenvalue weighted by atomic mass is 10.0. The molecule has 1 aliphatic rings. The molecule has 0 amide bonds. The van der Waals surface area contributed by atoms with Gasteiger partial charge in [-0.3, -0.25) is 4.68 Å². The Balaban J connectivity index is 1.79. The number of anilines is 3. The third-order valence-corrected chi connectivity index (χ3v) is 6.53. The number of rotatable bonds is 9. The first kappa shape index (κ1) is 24.3. The van der Waals surface area contributed by atoms with E-state index in [4.69, 9.17) is 24.8 Å². The predicted octanol–water partition coefficient (Wildman–Crippen LogP) is 3.71. The third-order valence-electron chi connectivity index (χ3n) is 6.53. The average Bonchev–Trinajstić information content (AvgIpc) is 3.16. The molecular formula is C25H38N8O. The van der Waals surface area contributed by atoms with Gasteiger partial charge in [0.15, 0.2) is 5.82 Å². The quantitative estimate of drug-likeness (QED) is 0.478. The Labute approximate surface area is 202 Å². The van der Waals surface area contributed by atoms with Crippen LogP contribution in [0.25, 0.3) is 11.0 Å². The van der Waals surface area contributed by atoms with Gasteiger partial charge in [0.25, 0.3) is 0 Å². The molecule has 0 atom stereocenters. The van der Waals surface area contributed by atoms with Crippen molar-refractivity contribution in [2.45, 2.75) is 59.5 Å². The number of piperidine rings is 1. The van der Waals surface area contributed by atoms with Crippen molar-refractivity contribution >= 4 is 28.6 Å². The molecule has 4 rings (SSSR count). The minimum absolute atomic E-state index is 0.416. The molecule has 34 heavy (non-hydrogen) atoms. The molecule has 1 aliphatic heterocycles. The fourth-order valence-corrected chi connectivity index (χ4v) is 4.64. The van der Waals surface area contributed by atoms with Crippen LogP contribution in [0.3, 0.4) is 0 Å². The maximum Gasteiger partial charge on any atom is 0.228 e. The number of likely N-dealkylation sites (tertiary alicyclic amines) is 1. The molecule has 0 aromatic carbocycles. The highest BCUT2D eigenvalue weighted by Gasteiger charge is 2.25. The third kappa shape index (κ3) is 5.31. The van der Waals surface area contributed by atoms with Gasteiger partial charge in [-0.05, 0) is 77.9 Å². The summed E-state index contributed by atoms with van der Waals surface area (Å²) >= 11 is 0. The van der Waals surface area contributed by atoms with E-state index in [2.05, 4.69) is 49.1 Å². The van der Waals surface area contributed by atoms with Gasteiger partial charge in [0.05, 0.1) is 18.8 Å². The first-order valence-corrected chi connectivity index (χ1v) is 12.4. The Kier molecular flexibility index (Phi) is 7.63. The number of hydrogen-bond acceptors (Lipinski definition) is 8. The van der Waals surface area contributed by atoms with Gasteiger partial charge < -0.3 is 19.9 Å². The Morgan fingerprint density at radius 1 is 1.12 bits per heavy atom. The lowest BCUT2D eigenvalue weighted by Gasteiger charge is -2.35. The van der Waals surface area contributed by atoms with E-state index in [9.17, 15) is 0 Å². The van der Waals surface area contributed by atoms with Crippen LogP contribution in [0.15, 0.2) is 12.1 Å². The maximum absolute atomic E-state index is 5.62. The zero-order valence-corrected chi connectivity index (χ0v) is 21.4. The molecule has 1 saturated heterocycles. The van der Waals surface area contributed by atoms with Gasteiger partial charge in [-0.2, -0.15) is 10.1 Å². The summed E-state index contributed by atoms with van der Waals surface area (Å²) in [6.45, 7) is 12.3. The van der Waals surface area contributed by atoms with Gasteiger partial charge in [-0.25, -0.2) is 9.97 Å². The average molecular weight is 467 g/mol. The molecule has 0 bridgehead atoms. The zero-order valence-electron chi connectivity index (χ0n) is 21.4. The topological polar surface area (TPSA) is 84.2 Å². The maximum atomic E-state index is 5.62. The normalized spacial score (nSPS) is 15.2. The van der Waals surface area contributed by atoms with E-state index in [-0.39, 0.29) is 0 Å². The lowest BCUT2D eigenvalue weighted by Crippen LogP contribution is -2.42. The van der Waals surface area contributed by atoms with E-state index in [1.807, 2.05) is 24.6 Å². The number of pyridine rings is 1. The molecule has 0 spiro atoms. The largest absolute Gasteiger partial charge is 0.380 e. The molecule has 184 valence electrons. The standard InChI is InChI=1S/C25H38N8O/c1-7-20-22-23(33(30-20)13-14-34-8-2)24(27-21-16-17(3)15-18(4)26-21)29-25(28-22)32(6)19-9-11-31(5)12-10-19/h15-16,19H,7-14H2,1-6H3,(H,26,27,28,29). The summed E-state index contributed by atoms with van der Waals surface area (Å²) in [5, 5.41) is 8.39. The highest BCUT2D eigenvalue weighted by molar-refractivity contribution is 5.90. The second kappa shape index (κ2) is 10.7. The van der Waals surface area contributed by atoms with Crippen molar-refractivity contribution in [1.29, 1.82) is 0 Å². The Hall–Kier alpha value is -2.78. The van der Waals surface area contributed by atoms with Crippen molar-refractivity contribution in [1.82, 2.24) is 29.6 Å². The summed E-state index contributed by atoms with van der Waals surface area (Å²) in [6.07, 6.45) is 3.00. The summed E-state index contributed by atoms with van der Waals surface area (Å²) in [4.78, 5) is 19.4. The molecule has 0 aliphatic carbocycles. The molecule has 1 N–H and O–H groups in total. The second-order valence-electron chi connectivity index (χ2n) is 9.23. The van der Waals surface area contributed by atoms with Crippen molar-refractivity contribution < 1.29 is 4.74 Å². The predicted molar refractivity (Wildman–Crippen MR) is 137 cm³/mol. The number of aryl methyl sites for hydroxylation is 3. The molecule has 4 heterocycles. The molecule has 9 heteroatoms. The molecule has 9 nitrogen and oxygen atoms in total. The van der Waals surface area contributed by atoms with Crippen LogP contribution in [0.2, 0.25) is 0 Å². The first-order valence-electron chi connectivity index (χ1n) is 12.4. The number of nitrogens with zero attached hydrogens (tertiary/aromatic N) is 7. The number of ether oxygens (including phenoxy) is 1. The number of fused-ring (bicyclic) bond motifs is 1. The van der Waals surface area contributed by atoms with E-state index >= 15 is 0 Å². The van der Waals surface area contributed by atoms with Gasteiger partial charge in [-0.15, -0.1) is 0 Å². The number of aromatic nitrogens is 5. The van der Waals surface area contributed by atoms with Gasteiger partial charge in [0.2, 0.25) is 5.95 Å². The lowest BCUT2D eigenvalue weighted by molar-refractivity contribution is 0.137. The van der Waals surface area contributed by atoms with Gasteiger partial charge in [-0.1, -0.05) is 6.92 Å². The van der Waals surface area contributed by atoms with Crippen LogP contribution in [0.4, 0.5) is 17.6 Å².